The zero-order valence-electron chi connectivity index (χ0n) is 11.5. The third-order valence-corrected chi connectivity index (χ3v) is 5.73. The first kappa shape index (κ1) is 14.7. The summed E-state index contributed by atoms with van der Waals surface area (Å²) in [5.74, 6) is 0.855. The monoisotopic (exact) mass is 289 g/mol. The average molecular weight is 289 g/mol. The summed E-state index contributed by atoms with van der Waals surface area (Å²) in [5, 5.41) is 3.10. The van der Waals surface area contributed by atoms with Crippen LogP contribution in [-0.4, -0.2) is 81.9 Å². The fourth-order valence-electron chi connectivity index (χ4n) is 2.58. The summed E-state index contributed by atoms with van der Waals surface area (Å²) >= 11 is 0. The Morgan fingerprint density at radius 2 is 1.95 bits per heavy atom. The van der Waals surface area contributed by atoms with Crippen molar-refractivity contribution in [3.8, 4) is 0 Å². The number of carbonyl (C=O) groups is 1. The number of nitrogens with zero attached hydrogens (tertiary/aromatic N) is 2. The van der Waals surface area contributed by atoms with Gasteiger partial charge in [0.15, 0.2) is 9.84 Å². The van der Waals surface area contributed by atoms with Crippen molar-refractivity contribution in [1.29, 1.82) is 0 Å². The van der Waals surface area contributed by atoms with Gasteiger partial charge in [-0.1, -0.05) is 0 Å². The molecule has 2 fully saturated rings. The van der Waals surface area contributed by atoms with Crippen molar-refractivity contribution in [3.05, 3.63) is 0 Å². The molecule has 0 aromatic carbocycles. The van der Waals surface area contributed by atoms with Crippen LogP contribution < -0.4 is 5.32 Å². The highest BCUT2D eigenvalue weighted by Gasteiger charge is 2.27. The third kappa shape index (κ3) is 4.43. The minimum Gasteiger partial charge on any atom is -0.339 e. The van der Waals surface area contributed by atoms with E-state index >= 15 is 0 Å². The Bertz CT molecular complexity index is 416. The van der Waals surface area contributed by atoms with E-state index in [0.29, 0.717) is 18.8 Å². The summed E-state index contributed by atoms with van der Waals surface area (Å²) in [6.07, 6.45) is 0.720. The van der Waals surface area contributed by atoms with Gasteiger partial charge in [0.25, 0.3) is 0 Å². The largest absolute Gasteiger partial charge is 0.339 e. The zero-order chi connectivity index (χ0) is 13.9. The van der Waals surface area contributed by atoms with Crippen LogP contribution in [-0.2, 0) is 14.6 Å². The third-order valence-electron chi connectivity index (χ3n) is 3.89. The quantitative estimate of drug-likeness (QED) is 0.703. The average Bonchev–Trinajstić information content (AvgIpc) is 2.69. The Morgan fingerprint density at radius 1 is 1.26 bits per heavy atom. The maximum atomic E-state index is 11.9. The van der Waals surface area contributed by atoms with Crippen molar-refractivity contribution in [2.75, 3.05) is 57.8 Å². The van der Waals surface area contributed by atoms with Crippen molar-refractivity contribution in [3.63, 3.8) is 0 Å². The lowest BCUT2D eigenvalue weighted by atomic mass is 10.1. The molecule has 2 aliphatic rings. The number of hydrogen-bond donors (Lipinski definition) is 1. The van der Waals surface area contributed by atoms with Crippen molar-refractivity contribution in [2.24, 2.45) is 5.92 Å². The van der Waals surface area contributed by atoms with Gasteiger partial charge in [0, 0.05) is 26.2 Å². The normalized spacial score (nSPS) is 27.6. The summed E-state index contributed by atoms with van der Waals surface area (Å²) < 4.78 is 22.6. The Morgan fingerprint density at radius 3 is 2.53 bits per heavy atom. The first-order valence-corrected chi connectivity index (χ1v) is 8.66. The summed E-state index contributed by atoms with van der Waals surface area (Å²) in [5.41, 5.74) is 0. The molecule has 0 bridgehead atoms. The predicted octanol–water partition coefficient (Wildman–Crippen LogP) is -1.22. The van der Waals surface area contributed by atoms with Gasteiger partial charge < -0.3 is 15.1 Å². The second-order valence-electron chi connectivity index (χ2n) is 5.58. The molecule has 0 saturated carbocycles. The summed E-state index contributed by atoms with van der Waals surface area (Å²) in [6, 6.07) is 0. The molecule has 1 amide bonds. The number of amides is 1. The molecule has 2 rings (SSSR count). The van der Waals surface area contributed by atoms with Gasteiger partial charge in [-0.15, -0.1) is 0 Å². The molecule has 0 radical (unpaired) electrons. The summed E-state index contributed by atoms with van der Waals surface area (Å²) in [4.78, 5) is 16.0. The second kappa shape index (κ2) is 6.19. The van der Waals surface area contributed by atoms with E-state index in [9.17, 15) is 13.2 Å². The molecule has 0 aromatic heterocycles. The summed E-state index contributed by atoms with van der Waals surface area (Å²) in [7, 11) is -0.757. The Kier molecular flexibility index (Phi) is 4.81. The number of carbonyl (C=O) groups excluding carboxylic acids is 1. The molecule has 2 aliphatic heterocycles. The van der Waals surface area contributed by atoms with E-state index in [2.05, 4.69) is 17.3 Å². The zero-order valence-corrected chi connectivity index (χ0v) is 12.3. The first-order chi connectivity index (χ1) is 8.96. The van der Waals surface area contributed by atoms with Crippen LogP contribution in [0.15, 0.2) is 0 Å². The summed E-state index contributed by atoms with van der Waals surface area (Å²) in [6.45, 7) is 4.36. The lowest BCUT2D eigenvalue weighted by Crippen LogP contribution is -2.49. The Balaban J connectivity index is 1.64. The van der Waals surface area contributed by atoms with Crippen LogP contribution in [0, 0.1) is 5.92 Å². The van der Waals surface area contributed by atoms with Crippen LogP contribution >= 0.6 is 0 Å². The molecule has 0 aliphatic carbocycles. The van der Waals surface area contributed by atoms with E-state index < -0.39 is 9.84 Å². The molecule has 1 atom stereocenters. The van der Waals surface area contributed by atoms with E-state index in [1.165, 1.54) is 0 Å². The van der Waals surface area contributed by atoms with Crippen LogP contribution in [0.5, 0.6) is 0 Å². The van der Waals surface area contributed by atoms with Gasteiger partial charge in [-0.05, 0) is 25.9 Å². The number of sulfone groups is 1. The van der Waals surface area contributed by atoms with E-state index in [4.69, 9.17) is 0 Å². The number of likely N-dealkylation sites (N-methyl/N-ethyl adjacent to an activating group) is 1. The number of nitrogens with one attached hydrogen (secondary N) is 1. The van der Waals surface area contributed by atoms with E-state index in [-0.39, 0.29) is 17.6 Å². The van der Waals surface area contributed by atoms with E-state index in [0.717, 1.165) is 32.6 Å². The fourth-order valence-corrected chi connectivity index (χ4v) is 4.45. The molecule has 1 N–H and O–H groups in total. The van der Waals surface area contributed by atoms with Crippen molar-refractivity contribution in [1.82, 2.24) is 15.1 Å². The molecular formula is C12H23N3O3S. The topological polar surface area (TPSA) is 69.7 Å². The van der Waals surface area contributed by atoms with Gasteiger partial charge in [0.05, 0.1) is 18.1 Å². The Hall–Kier alpha value is -0.660. The first-order valence-electron chi connectivity index (χ1n) is 6.84. The predicted molar refractivity (Wildman–Crippen MR) is 73.7 cm³/mol. The minimum absolute atomic E-state index is 0.119. The van der Waals surface area contributed by atoms with Gasteiger partial charge >= 0.3 is 0 Å². The molecule has 0 aromatic rings. The molecular weight excluding hydrogens is 266 g/mol. The van der Waals surface area contributed by atoms with Crippen molar-refractivity contribution >= 4 is 15.7 Å². The van der Waals surface area contributed by atoms with Crippen LogP contribution in [0.4, 0.5) is 0 Å². The highest BCUT2D eigenvalue weighted by molar-refractivity contribution is 7.91. The van der Waals surface area contributed by atoms with E-state index in [1.54, 1.807) is 0 Å². The molecule has 6 nitrogen and oxygen atoms in total. The lowest BCUT2D eigenvalue weighted by Gasteiger charge is -2.32. The van der Waals surface area contributed by atoms with Gasteiger partial charge in [0.2, 0.25) is 5.91 Å². The van der Waals surface area contributed by atoms with Crippen LogP contribution in [0.1, 0.15) is 6.42 Å². The highest BCUT2D eigenvalue weighted by Crippen LogP contribution is 2.17. The second-order valence-corrected chi connectivity index (χ2v) is 7.81. The highest BCUT2D eigenvalue weighted by atomic mass is 32.2. The molecule has 7 heteroatoms. The van der Waals surface area contributed by atoms with Gasteiger partial charge in [-0.3, -0.25) is 4.79 Å². The van der Waals surface area contributed by atoms with Crippen LogP contribution in [0.25, 0.3) is 0 Å². The maximum absolute atomic E-state index is 11.9. The smallest absolute Gasteiger partial charge is 0.236 e. The molecule has 2 saturated heterocycles. The molecule has 0 spiro atoms. The number of hydrogen-bond acceptors (Lipinski definition) is 5. The van der Waals surface area contributed by atoms with Gasteiger partial charge in [0.1, 0.15) is 0 Å². The van der Waals surface area contributed by atoms with E-state index in [1.807, 2.05) is 4.90 Å². The van der Waals surface area contributed by atoms with Gasteiger partial charge in [-0.25, -0.2) is 8.42 Å². The number of piperazine rings is 1. The maximum Gasteiger partial charge on any atom is 0.236 e. The SMILES string of the molecule is CN1CCN(C(=O)CNCC2CCS(=O)(=O)C2)CC1. The molecule has 19 heavy (non-hydrogen) atoms. The molecule has 2 heterocycles. The molecule has 1 unspecified atom stereocenters. The molecule has 110 valence electrons. The number of rotatable bonds is 4. The lowest BCUT2D eigenvalue weighted by molar-refractivity contribution is -0.131. The minimum atomic E-state index is -2.81. The standard InChI is InChI=1S/C12H23N3O3S/c1-14-3-5-15(6-4-14)12(16)9-13-8-11-2-7-19(17,18)10-11/h11,13H,2-10H2,1H3. The van der Waals surface area contributed by atoms with Crippen molar-refractivity contribution < 1.29 is 13.2 Å². The Labute approximate surface area is 115 Å². The van der Waals surface area contributed by atoms with Crippen LogP contribution in [0.3, 0.4) is 0 Å². The van der Waals surface area contributed by atoms with Gasteiger partial charge in [-0.2, -0.15) is 0 Å². The van der Waals surface area contributed by atoms with Crippen LogP contribution in [0.2, 0.25) is 0 Å². The fraction of sp³-hybridized carbons (Fsp3) is 0.917. The van der Waals surface area contributed by atoms with Crippen molar-refractivity contribution in [2.45, 2.75) is 6.42 Å².